The first-order valence-corrected chi connectivity index (χ1v) is 7.24. The Hall–Kier alpha value is -3.21. The van der Waals surface area contributed by atoms with E-state index in [2.05, 4.69) is 10.1 Å². The summed E-state index contributed by atoms with van der Waals surface area (Å²) >= 11 is 0. The van der Waals surface area contributed by atoms with Crippen LogP contribution in [0.1, 0.15) is 5.56 Å². The molecule has 0 N–H and O–H groups in total. The van der Waals surface area contributed by atoms with Crippen molar-refractivity contribution in [3.63, 3.8) is 0 Å². The third-order valence-corrected chi connectivity index (χ3v) is 3.74. The van der Waals surface area contributed by atoms with Crippen molar-refractivity contribution in [3.8, 4) is 17.1 Å². The zero-order chi connectivity index (χ0) is 15.8. The standard InChI is InChI=1S/C18H13N3O2/c1-12-7-5-6-10-14(12)17-20-16-15(18(22)23-17)11-19-21(16)13-8-3-2-4-9-13/h2-11H,1H3. The number of nitrogens with zero attached hydrogens (tertiary/aromatic N) is 3. The highest BCUT2D eigenvalue weighted by molar-refractivity contribution is 5.76. The van der Waals surface area contributed by atoms with Crippen LogP contribution in [0, 0.1) is 6.92 Å². The third kappa shape index (κ3) is 2.23. The third-order valence-electron chi connectivity index (χ3n) is 3.74. The summed E-state index contributed by atoms with van der Waals surface area (Å²) in [5, 5.41) is 4.64. The van der Waals surface area contributed by atoms with E-state index in [0.717, 1.165) is 16.8 Å². The molecule has 0 bridgehead atoms. The lowest BCUT2D eigenvalue weighted by Crippen LogP contribution is -2.05. The monoisotopic (exact) mass is 303 g/mol. The number of benzene rings is 2. The van der Waals surface area contributed by atoms with Crippen LogP contribution in [0.25, 0.3) is 28.2 Å². The van der Waals surface area contributed by atoms with Gasteiger partial charge in [0.2, 0.25) is 5.89 Å². The molecule has 112 valence electrons. The van der Waals surface area contributed by atoms with E-state index in [9.17, 15) is 4.79 Å². The summed E-state index contributed by atoms with van der Waals surface area (Å²) in [6.45, 7) is 1.95. The molecule has 5 heteroatoms. The molecule has 5 nitrogen and oxygen atoms in total. The maximum Gasteiger partial charge on any atom is 0.350 e. The number of aryl methyl sites for hydroxylation is 1. The molecule has 2 aromatic carbocycles. The van der Waals surface area contributed by atoms with Crippen LogP contribution < -0.4 is 5.63 Å². The second kappa shape index (κ2) is 5.21. The molecule has 0 spiro atoms. The van der Waals surface area contributed by atoms with E-state index in [1.807, 2.05) is 61.5 Å². The van der Waals surface area contributed by atoms with Crippen LogP contribution in [0.5, 0.6) is 0 Å². The molecule has 0 saturated heterocycles. The largest absolute Gasteiger partial charge is 0.403 e. The number of fused-ring (bicyclic) bond motifs is 1. The maximum atomic E-state index is 12.3. The first-order chi connectivity index (χ1) is 11.2. The van der Waals surface area contributed by atoms with Gasteiger partial charge >= 0.3 is 5.63 Å². The van der Waals surface area contributed by atoms with E-state index in [-0.39, 0.29) is 0 Å². The Morgan fingerprint density at radius 1 is 1.00 bits per heavy atom. The van der Waals surface area contributed by atoms with Crippen LogP contribution in [0.4, 0.5) is 0 Å². The summed E-state index contributed by atoms with van der Waals surface area (Å²) in [5.74, 6) is 0.304. The SMILES string of the molecule is Cc1ccccc1-c1nc2c(cnn2-c2ccccc2)c(=O)o1. The minimum Gasteiger partial charge on any atom is -0.403 e. The Kier molecular flexibility index (Phi) is 3.05. The second-order valence-corrected chi connectivity index (χ2v) is 5.25. The molecule has 0 aliphatic heterocycles. The van der Waals surface area contributed by atoms with Gasteiger partial charge in [-0.15, -0.1) is 0 Å². The van der Waals surface area contributed by atoms with Crippen LogP contribution >= 0.6 is 0 Å². The average Bonchev–Trinajstić information content (AvgIpc) is 3.00. The maximum absolute atomic E-state index is 12.3. The van der Waals surface area contributed by atoms with E-state index in [0.29, 0.717) is 16.9 Å². The van der Waals surface area contributed by atoms with Crippen molar-refractivity contribution in [1.82, 2.24) is 14.8 Å². The lowest BCUT2D eigenvalue weighted by molar-refractivity contribution is 0.517. The number of para-hydroxylation sites is 1. The first-order valence-electron chi connectivity index (χ1n) is 7.24. The van der Waals surface area contributed by atoms with Gasteiger partial charge in [-0.2, -0.15) is 10.1 Å². The number of aromatic nitrogens is 3. The number of hydrogen-bond acceptors (Lipinski definition) is 4. The topological polar surface area (TPSA) is 60.9 Å². The fourth-order valence-electron chi connectivity index (χ4n) is 2.54. The Morgan fingerprint density at radius 3 is 2.52 bits per heavy atom. The van der Waals surface area contributed by atoms with Gasteiger partial charge in [0.25, 0.3) is 0 Å². The zero-order valence-corrected chi connectivity index (χ0v) is 12.4. The normalized spacial score (nSPS) is 11.0. The fraction of sp³-hybridized carbons (Fsp3) is 0.0556. The van der Waals surface area contributed by atoms with E-state index in [1.54, 1.807) is 4.68 Å². The van der Waals surface area contributed by atoms with Crippen LogP contribution in [0.3, 0.4) is 0 Å². The lowest BCUT2D eigenvalue weighted by Gasteiger charge is -2.05. The summed E-state index contributed by atoms with van der Waals surface area (Å²) in [5.41, 5.74) is 2.69. The minimum atomic E-state index is -0.435. The first kappa shape index (κ1) is 13.5. The molecule has 0 fully saturated rings. The molecule has 4 rings (SSSR count). The quantitative estimate of drug-likeness (QED) is 0.570. The van der Waals surface area contributed by atoms with Crippen LogP contribution in [-0.4, -0.2) is 14.8 Å². The van der Waals surface area contributed by atoms with Crippen molar-refractivity contribution in [1.29, 1.82) is 0 Å². The van der Waals surface area contributed by atoms with E-state index >= 15 is 0 Å². The average molecular weight is 303 g/mol. The highest BCUT2D eigenvalue weighted by Gasteiger charge is 2.15. The summed E-state index contributed by atoms with van der Waals surface area (Å²) in [6.07, 6.45) is 1.49. The molecule has 2 heterocycles. The molecule has 0 aliphatic carbocycles. The van der Waals surface area contributed by atoms with Gasteiger partial charge in [0.05, 0.1) is 11.9 Å². The van der Waals surface area contributed by atoms with Crippen LogP contribution in [0.15, 0.2) is 70.0 Å². The molecule has 0 atom stereocenters. The molecular formula is C18H13N3O2. The molecule has 0 saturated carbocycles. The van der Waals surface area contributed by atoms with Gasteiger partial charge < -0.3 is 4.42 Å². The number of hydrogen-bond donors (Lipinski definition) is 0. The van der Waals surface area contributed by atoms with Crippen molar-refractivity contribution >= 4 is 11.0 Å². The Bertz CT molecular complexity index is 1050. The number of rotatable bonds is 2. The molecule has 0 amide bonds. The highest BCUT2D eigenvalue weighted by Crippen LogP contribution is 2.22. The molecule has 0 unspecified atom stereocenters. The summed E-state index contributed by atoms with van der Waals surface area (Å²) in [7, 11) is 0. The van der Waals surface area contributed by atoms with Gasteiger partial charge in [-0.05, 0) is 30.7 Å². The molecular weight excluding hydrogens is 290 g/mol. The fourth-order valence-corrected chi connectivity index (χ4v) is 2.54. The Morgan fingerprint density at radius 2 is 1.74 bits per heavy atom. The zero-order valence-electron chi connectivity index (χ0n) is 12.4. The summed E-state index contributed by atoms with van der Waals surface area (Å²) < 4.78 is 7.03. The van der Waals surface area contributed by atoms with E-state index in [1.165, 1.54) is 6.20 Å². The molecule has 2 aromatic heterocycles. The van der Waals surface area contributed by atoms with Gasteiger partial charge in [-0.25, -0.2) is 9.48 Å². The van der Waals surface area contributed by atoms with Gasteiger partial charge in [0.15, 0.2) is 5.65 Å². The van der Waals surface area contributed by atoms with Gasteiger partial charge in [0.1, 0.15) is 5.39 Å². The van der Waals surface area contributed by atoms with Crippen molar-refractivity contribution in [2.24, 2.45) is 0 Å². The van der Waals surface area contributed by atoms with Gasteiger partial charge in [-0.3, -0.25) is 0 Å². The van der Waals surface area contributed by atoms with Crippen LogP contribution in [-0.2, 0) is 0 Å². The van der Waals surface area contributed by atoms with E-state index < -0.39 is 5.63 Å². The Balaban J connectivity index is 2.00. The van der Waals surface area contributed by atoms with E-state index in [4.69, 9.17) is 4.42 Å². The summed E-state index contributed by atoms with van der Waals surface area (Å²) in [6, 6.07) is 17.2. The van der Waals surface area contributed by atoms with Gasteiger partial charge in [-0.1, -0.05) is 36.4 Å². The van der Waals surface area contributed by atoms with Crippen LogP contribution in [0.2, 0.25) is 0 Å². The molecule has 0 aliphatic rings. The molecule has 23 heavy (non-hydrogen) atoms. The lowest BCUT2D eigenvalue weighted by atomic mass is 10.1. The second-order valence-electron chi connectivity index (χ2n) is 5.25. The summed E-state index contributed by atoms with van der Waals surface area (Å²) in [4.78, 5) is 16.8. The van der Waals surface area contributed by atoms with Gasteiger partial charge in [0, 0.05) is 5.56 Å². The highest BCUT2D eigenvalue weighted by atomic mass is 16.4. The Labute approximate surface area is 131 Å². The van der Waals surface area contributed by atoms with Crippen molar-refractivity contribution in [2.75, 3.05) is 0 Å². The van der Waals surface area contributed by atoms with Crippen molar-refractivity contribution in [2.45, 2.75) is 6.92 Å². The predicted molar refractivity (Wildman–Crippen MR) is 87.6 cm³/mol. The van der Waals surface area contributed by atoms with Crippen molar-refractivity contribution < 1.29 is 4.42 Å². The minimum absolute atomic E-state index is 0.304. The van der Waals surface area contributed by atoms with Crippen molar-refractivity contribution in [3.05, 3.63) is 76.8 Å². The molecule has 0 radical (unpaired) electrons. The predicted octanol–water partition coefficient (Wildman–Crippen LogP) is 3.35. The smallest absolute Gasteiger partial charge is 0.350 e. The molecule has 4 aromatic rings.